The monoisotopic (exact) mass is 465 g/mol. The molecule has 2 aromatic rings. The van der Waals surface area contributed by atoms with Crippen molar-refractivity contribution in [2.75, 3.05) is 13.1 Å². The highest BCUT2D eigenvalue weighted by Gasteiger charge is 2.36. The number of nitrogens with two attached hydrogens (primary N) is 1. The van der Waals surface area contributed by atoms with E-state index in [1.165, 1.54) is 12.1 Å². The van der Waals surface area contributed by atoms with Crippen molar-refractivity contribution in [3.8, 4) is 0 Å². The summed E-state index contributed by atoms with van der Waals surface area (Å²) < 4.78 is 23.1. The van der Waals surface area contributed by atoms with Crippen molar-refractivity contribution in [3.05, 3.63) is 63.6 Å². The Morgan fingerprint density at radius 3 is 2.32 bits per heavy atom. The molecule has 28 heavy (non-hydrogen) atoms. The standard InChI is InChI=1S/C18H16BrN3O5S/c19-12-3-6-14-15(9-12)18(25)22(17(14)24)10-16(23)21-8-7-11-1-4-13(5-2-11)28(20,26)27/h1-6,9H,7-8,10H2,(H,21,23)(H2,20,26,27). The second-order valence-corrected chi connectivity index (χ2v) is 8.65. The number of carbonyl (C=O) groups excluding carboxylic acids is 3. The number of carbonyl (C=O) groups is 3. The van der Waals surface area contributed by atoms with Crippen LogP contribution in [0.5, 0.6) is 0 Å². The van der Waals surface area contributed by atoms with Gasteiger partial charge in [-0.1, -0.05) is 28.1 Å². The Bertz CT molecular complexity index is 1070. The van der Waals surface area contributed by atoms with Crippen LogP contribution in [0.2, 0.25) is 0 Å². The van der Waals surface area contributed by atoms with Crippen molar-refractivity contribution in [1.29, 1.82) is 0 Å². The SMILES string of the molecule is NS(=O)(=O)c1ccc(CCNC(=O)CN2C(=O)c3ccc(Br)cc3C2=O)cc1. The first-order valence-electron chi connectivity index (χ1n) is 8.21. The molecule has 1 aliphatic heterocycles. The molecule has 146 valence electrons. The number of hydrogen-bond donors (Lipinski definition) is 2. The van der Waals surface area contributed by atoms with Crippen LogP contribution >= 0.6 is 15.9 Å². The second kappa shape index (κ2) is 7.82. The Morgan fingerprint density at radius 2 is 1.68 bits per heavy atom. The maximum absolute atomic E-state index is 12.3. The molecular weight excluding hydrogens is 450 g/mol. The van der Waals surface area contributed by atoms with Gasteiger partial charge in [0.25, 0.3) is 11.8 Å². The molecule has 0 aliphatic carbocycles. The number of fused-ring (bicyclic) bond motifs is 1. The number of sulfonamides is 1. The summed E-state index contributed by atoms with van der Waals surface area (Å²) in [6.45, 7) is -0.101. The normalized spacial score (nSPS) is 13.6. The summed E-state index contributed by atoms with van der Waals surface area (Å²) in [7, 11) is -3.74. The molecule has 10 heteroatoms. The topological polar surface area (TPSA) is 127 Å². The van der Waals surface area contributed by atoms with Gasteiger partial charge < -0.3 is 5.32 Å². The number of amides is 3. The highest BCUT2D eigenvalue weighted by molar-refractivity contribution is 9.10. The molecule has 3 rings (SSSR count). The van der Waals surface area contributed by atoms with Gasteiger partial charge in [0.05, 0.1) is 16.0 Å². The molecule has 0 saturated heterocycles. The van der Waals surface area contributed by atoms with E-state index < -0.39 is 27.7 Å². The van der Waals surface area contributed by atoms with E-state index in [-0.39, 0.29) is 29.1 Å². The fraction of sp³-hybridized carbons (Fsp3) is 0.167. The van der Waals surface area contributed by atoms with Crippen molar-refractivity contribution < 1.29 is 22.8 Å². The van der Waals surface area contributed by atoms with Gasteiger partial charge in [0.15, 0.2) is 0 Å². The number of benzene rings is 2. The molecule has 0 fully saturated rings. The molecule has 0 unspecified atom stereocenters. The van der Waals surface area contributed by atoms with Gasteiger partial charge in [-0.2, -0.15) is 0 Å². The zero-order valence-corrected chi connectivity index (χ0v) is 16.9. The number of nitrogens with zero attached hydrogens (tertiary/aromatic N) is 1. The minimum atomic E-state index is -3.74. The molecule has 0 radical (unpaired) electrons. The molecule has 1 heterocycles. The van der Waals surface area contributed by atoms with E-state index in [0.717, 1.165) is 10.5 Å². The van der Waals surface area contributed by atoms with E-state index in [1.807, 2.05) is 0 Å². The van der Waals surface area contributed by atoms with Gasteiger partial charge in [-0.05, 0) is 42.3 Å². The average molecular weight is 466 g/mol. The molecular formula is C18H16BrN3O5S. The van der Waals surface area contributed by atoms with Crippen LogP contribution in [-0.2, 0) is 21.2 Å². The quantitative estimate of drug-likeness (QED) is 0.616. The molecule has 0 spiro atoms. The maximum Gasteiger partial charge on any atom is 0.262 e. The molecule has 3 N–H and O–H groups in total. The maximum atomic E-state index is 12.3. The first kappa shape index (κ1) is 20.2. The van der Waals surface area contributed by atoms with Crippen molar-refractivity contribution in [2.24, 2.45) is 5.14 Å². The third-order valence-electron chi connectivity index (χ3n) is 4.22. The summed E-state index contributed by atoms with van der Waals surface area (Å²) in [4.78, 5) is 37.7. The van der Waals surface area contributed by atoms with Crippen molar-refractivity contribution in [3.63, 3.8) is 0 Å². The zero-order chi connectivity index (χ0) is 20.5. The fourth-order valence-electron chi connectivity index (χ4n) is 2.80. The van der Waals surface area contributed by atoms with Crippen LogP contribution in [0.1, 0.15) is 26.3 Å². The Morgan fingerprint density at radius 1 is 1.04 bits per heavy atom. The minimum Gasteiger partial charge on any atom is -0.354 e. The van der Waals surface area contributed by atoms with E-state index in [4.69, 9.17) is 5.14 Å². The minimum absolute atomic E-state index is 0.0116. The van der Waals surface area contributed by atoms with Gasteiger partial charge in [-0.25, -0.2) is 13.6 Å². The lowest BCUT2D eigenvalue weighted by molar-refractivity contribution is -0.121. The molecule has 0 bridgehead atoms. The van der Waals surface area contributed by atoms with E-state index in [2.05, 4.69) is 21.2 Å². The lowest BCUT2D eigenvalue weighted by Crippen LogP contribution is -2.40. The van der Waals surface area contributed by atoms with Crippen LogP contribution in [0.15, 0.2) is 51.8 Å². The van der Waals surface area contributed by atoms with E-state index >= 15 is 0 Å². The predicted octanol–water partition coefficient (Wildman–Crippen LogP) is 1.05. The fourth-order valence-corrected chi connectivity index (χ4v) is 3.67. The summed E-state index contributed by atoms with van der Waals surface area (Å²) in [5.41, 5.74) is 1.34. The van der Waals surface area contributed by atoms with Crippen LogP contribution in [0.4, 0.5) is 0 Å². The van der Waals surface area contributed by atoms with Crippen molar-refractivity contribution in [2.45, 2.75) is 11.3 Å². The number of halogens is 1. The lowest BCUT2D eigenvalue weighted by atomic mass is 10.1. The third-order valence-corrected chi connectivity index (χ3v) is 5.64. The van der Waals surface area contributed by atoms with Gasteiger partial charge in [-0.3, -0.25) is 19.3 Å². The predicted molar refractivity (Wildman–Crippen MR) is 104 cm³/mol. The van der Waals surface area contributed by atoms with E-state index in [1.54, 1.807) is 30.3 Å². The van der Waals surface area contributed by atoms with Crippen molar-refractivity contribution in [1.82, 2.24) is 10.2 Å². The van der Waals surface area contributed by atoms with Gasteiger partial charge in [0.2, 0.25) is 15.9 Å². The second-order valence-electron chi connectivity index (χ2n) is 6.18. The summed E-state index contributed by atoms with van der Waals surface area (Å²) >= 11 is 3.25. The molecule has 0 atom stereocenters. The third kappa shape index (κ3) is 4.29. The van der Waals surface area contributed by atoms with E-state index in [9.17, 15) is 22.8 Å². The number of nitrogens with one attached hydrogen (secondary N) is 1. The molecule has 0 aromatic heterocycles. The molecule has 2 aromatic carbocycles. The number of hydrogen-bond acceptors (Lipinski definition) is 5. The smallest absolute Gasteiger partial charge is 0.262 e. The number of primary sulfonamides is 1. The number of rotatable bonds is 6. The Balaban J connectivity index is 1.54. The van der Waals surface area contributed by atoms with Gasteiger partial charge >= 0.3 is 0 Å². The average Bonchev–Trinajstić information content (AvgIpc) is 2.86. The van der Waals surface area contributed by atoms with Gasteiger partial charge in [0, 0.05) is 11.0 Å². The summed E-state index contributed by atoms with van der Waals surface area (Å²) in [6.07, 6.45) is 0.450. The van der Waals surface area contributed by atoms with Crippen LogP contribution in [0, 0.1) is 0 Å². The van der Waals surface area contributed by atoms with Gasteiger partial charge in [0.1, 0.15) is 6.54 Å². The highest BCUT2D eigenvalue weighted by atomic mass is 79.9. The van der Waals surface area contributed by atoms with Gasteiger partial charge in [-0.15, -0.1) is 0 Å². The van der Waals surface area contributed by atoms with Crippen LogP contribution < -0.4 is 10.5 Å². The Kier molecular flexibility index (Phi) is 5.64. The van der Waals surface area contributed by atoms with Crippen LogP contribution in [0.3, 0.4) is 0 Å². The summed E-state index contributed by atoms with van der Waals surface area (Å²) in [6, 6.07) is 10.8. The van der Waals surface area contributed by atoms with Crippen molar-refractivity contribution >= 4 is 43.7 Å². The highest BCUT2D eigenvalue weighted by Crippen LogP contribution is 2.25. The largest absolute Gasteiger partial charge is 0.354 e. The summed E-state index contributed by atoms with van der Waals surface area (Å²) in [5.74, 6) is -1.47. The van der Waals surface area contributed by atoms with E-state index in [0.29, 0.717) is 10.9 Å². The lowest BCUT2D eigenvalue weighted by Gasteiger charge is -2.13. The Labute approximate surface area is 169 Å². The zero-order valence-electron chi connectivity index (χ0n) is 14.5. The first-order chi connectivity index (χ1) is 13.2. The van der Waals surface area contributed by atoms with Crippen LogP contribution in [-0.4, -0.2) is 44.1 Å². The molecule has 1 aliphatic rings. The van der Waals surface area contributed by atoms with Crippen LogP contribution in [0.25, 0.3) is 0 Å². The molecule has 3 amide bonds. The molecule has 8 nitrogen and oxygen atoms in total. The molecule has 0 saturated carbocycles. The summed E-state index contributed by atoms with van der Waals surface area (Å²) in [5, 5.41) is 7.68. The first-order valence-corrected chi connectivity index (χ1v) is 10.5. The Hall–Kier alpha value is -2.56. The number of imide groups is 1.